The van der Waals surface area contributed by atoms with E-state index in [9.17, 15) is 9.59 Å². The van der Waals surface area contributed by atoms with Gasteiger partial charge in [0.25, 0.3) is 5.91 Å². The maximum Gasteiger partial charge on any atom is 0.345 e. The topological polar surface area (TPSA) is 94.7 Å². The van der Waals surface area contributed by atoms with Crippen LogP contribution in [0.5, 0.6) is 0 Å². The molecule has 2 aromatic heterocycles. The summed E-state index contributed by atoms with van der Waals surface area (Å²) in [5.74, 6) is 0.286. The molecule has 2 heterocycles. The second kappa shape index (κ2) is 5.89. The van der Waals surface area contributed by atoms with Gasteiger partial charge >= 0.3 is 5.69 Å². The molecule has 24 heavy (non-hydrogen) atoms. The van der Waals surface area contributed by atoms with Gasteiger partial charge in [-0.05, 0) is 25.0 Å². The predicted molar refractivity (Wildman–Crippen MR) is 89.9 cm³/mol. The lowest BCUT2D eigenvalue weighted by atomic mass is 9.91. The van der Waals surface area contributed by atoms with E-state index in [2.05, 4.69) is 20.2 Å². The van der Waals surface area contributed by atoms with Gasteiger partial charge in [-0.1, -0.05) is 20.8 Å². The highest BCUT2D eigenvalue weighted by Crippen LogP contribution is 2.39. The Labute approximate surface area is 140 Å². The largest absolute Gasteiger partial charge is 0.345 e. The molecule has 1 fully saturated rings. The number of rotatable bonds is 4. The lowest BCUT2D eigenvalue weighted by Gasteiger charge is -2.20. The Morgan fingerprint density at radius 3 is 2.67 bits per heavy atom. The zero-order chi connectivity index (χ0) is 17.5. The highest BCUT2D eigenvalue weighted by molar-refractivity contribution is 5.92. The van der Waals surface area contributed by atoms with E-state index in [1.807, 2.05) is 26.8 Å². The first-order valence-electron chi connectivity index (χ1n) is 8.15. The van der Waals surface area contributed by atoms with Gasteiger partial charge < -0.3 is 9.88 Å². The lowest BCUT2D eigenvalue weighted by Crippen LogP contribution is -2.31. The molecule has 128 valence electrons. The first kappa shape index (κ1) is 16.4. The van der Waals surface area contributed by atoms with Crippen molar-refractivity contribution in [2.75, 3.05) is 7.05 Å². The number of aromatic nitrogens is 4. The van der Waals surface area contributed by atoms with E-state index in [0.29, 0.717) is 18.2 Å². The molecule has 7 heteroatoms. The standard InChI is InChI=1S/C17H23N5O2/c1-17(2,3)14-8-13(18-16(24)19-14)15(23)22(4)9-11-7-12(21-20-11)10-5-6-10/h7-8,10H,5-6,9H2,1-4H3,(H,20,21)(H,18,19,24). The Hall–Kier alpha value is -2.44. The van der Waals surface area contributed by atoms with Crippen molar-refractivity contribution in [3.8, 4) is 0 Å². The zero-order valence-corrected chi connectivity index (χ0v) is 14.5. The number of nitrogens with zero attached hydrogens (tertiary/aromatic N) is 3. The van der Waals surface area contributed by atoms with Crippen LogP contribution in [0.2, 0.25) is 0 Å². The van der Waals surface area contributed by atoms with Gasteiger partial charge in [0.15, 0.2) is 0 Å². The third kappa shape index (κ3) is 3.55. The molecule has 0 atom stereocenters. The van der Waals surface area contributed by atoms with Gasteiger partial charge in [-0.3, -0.25) is 9.89 Å². The number of hydrogen-bond donors (Lipinski definition) is 2. The van der Waals surface area contributed by atoms with E-state index >= 15 is 0 Å². The number of nitrogens with one attached hydrogen (secondary N) is 2. The summed E-state index contributed by atoms with van der Waals surface area (Å²) in [4.78, 5) is 32.5. The number of hydrogen-bond acceptors (Lipinski definition) is 4. The van der Waals surface area contributed by atoms with Crippen molar-refractivity contribution < 1.29 is 4.79 Å². The Balaban J connectivity index is 1.77. The molecule has 7 nitrogen and oxygen atoms in total. The molecule has 1 aliphatic carbocycles. The summed E-state index contributed by atoms with van der Waals surface area (Å²) in [5.41, 5.74) is 2.03. The van der Waals surface area contributed by atoms with Gasteiger partial charge in [0.1, 0.15) is 5.69 Å². The molecule has 0 spiro atoms. The highest BCUT2D eigenvalue weighted by Gasteiger charge is 2.26. The van der Waals surface area contributed by atoms with Crippen LogP contribution in [0.25, 0.3) is 0 Å². The smallest absolute Gasteiger partial charge is 0.334 e. The molecule has 0 unspecified atom stereocenters. The van der Waals surface area contributed by atoms with Crippen molar-refractivity contribution in [1.82, 2.24) is 25.1 Å². The fourth-order valence-corrected chi connectivity index (χ4v) is 2.54. The first-order chi connectivity index (χ1) is 11.2. The average molecular weight is 329 g/mol. The molecule has 0 saturated heterocycles. The molecule has 1 aliphatic rings. The van der Waals surface area contributed by atoms with Crippen LogP contribution in [-0.2, 0) is 12.0 Å². The van der Waals surface area contributed by atoms with Gasteiger partial charge in [0, 0.05) is 24.1 Å². The molecular formula is C17H23N5O2. The second-order valence-corrected chi connectivity index (χ2v) is 7.49. The van der Waals surface area contributed by atoms with E-state index in [1.165, 1.54) is 12.8 Å². The van der Waals surface area contributed by atoms with Gasteiger partial charge in [0.2, 0.25) is 0 Å². The Morgan fingerprint density at radius 2 is 2.04 bits per heavy atom. The maximum atomic E-state index is 12.6. The summed E-state index contributed by atoms with van der Waals surface area (Å²) < 4.78 is 0. The van der Waals surface area contributed by atoms with Crippen LogP contribution in [-0.4, -0.2) is 38.0 Å². The summed E-state index contributed by atoms with van der Waals surface area (Å²) in [6.45, 7) is 6.32. The maximum absolute atomic E-state index is 12.6. The summed E-state index contributed by atoms with van der Waals surface area (Å²) >= 11 is 0. The highest BCUT2D eigenvalue weighted by atomic mass is 16.2. The molecule has 0 radical (unpaired) electrons. The minimum Gasteiger partial charge on any atom is -0.334 e. The monoisotopic (exact) mass is 329 g/mol. The number of aromatic amines is 2. The van der Waals surface area contributed by atoms with Crippen LogP contribution in [0.4, 0.5) is 0 Å². The van der Waals surface area contributed by atoms with Crippen molar-refractivity contribution >= 4 is 5.91 Å². The summed E-state index contributed by atoms with van der Waals surface area (Å²) in [6, 6.07) is 3.66. The van der Waals surface area contributed by atoms with Crippen LogP contribution >= 0.6 is 0 Å². The molecule has 2 N–H and O–H groups in total. The van der Waals surface area contributed by atoms with Crippen molar-refractivity contribution in [1.29, 1.82) is 0 Å². The molecule has 3 rings (SSSR count). The molecule has 0 bridgehead atoms. The number of carbonyl (C=O) groups excluding carboxylic acids is 1. The third-order valence-electron chi connectivity index (χ3n) is 4.17. The summed E-state index contributed by atoms with van der Waals surface area (Å²) in [6.07, 6.45) is 2.37. The van der Waals surface area contributed by atoms with Crippen LogP contribution in [0.3, 0.4) is 0 Å². The van der Waals surface area contributed by atoms with Gasteiger partial charge in [-0.2, -0.15) is 10.1 Å². The Bertz CT molecular complexity index is 811. The molecule has 1 amide bonds. The van der Waals surface area contributed by atoms with Crippen LogP contribution in [0.1, 0.15) is 67.1 Å². The van der Waals surface area contributed by atoms with Crippen molar-refractivity contribution in [3.63, 3.8) is 0 Å². The molecule has 0 aromatic carbocycles. The van der Waals surface area contributed by atoms with Gasteiger partial charge in [-0.25, -0.2) is 4.79 Å². The molecule has 2 aromatic rings. The quantitative estimate of drug-likeness (QED) is 0.896. The minimum atomic E-state index is -0.503. The van der Waals surface area contributed by atoms with E-state index in [4.69, 9.17) is 0 Å². The number of amides is 1. The van der Waals surface area contributed by atoms with Gasteiger partial charge in [-0.15, -0.1) is 0 Å². The van der Waals surface area contributed by atoms with Crippen LogP contribution < -0.4 is 5.69 Å². The number of H-pyrrole nitrogens is 2. The fraction of sp³-hybridized carbons (Fsp3) is 0.529. The van der Waals surface area contributed by atoms with E-state index in [0.717, 1.165) is 11.4 Å². The summed E-state index contributed by atoms with van der Waals surface area (Å²) in [5, 5.41) is 7.27. The second-order valence-electron chi connectivity index (χ2n) is 7.49. The minimum absolute atomic E-state index is 0.160. The van der Waals surface area contributed by atoms with E-state index < -0.39 is 5.69 Å². The number of carbonyl (C=O) groups is 1. The van der Waals surface area contributed by atoms with Crippen molar-refractivity contribution in [2.24, 2.45) is 0 Å². The Morgan fingerprint density at radius 1 is 1.33 bits per heavy atom. The predicted octanol–water partition coefficient (Wildman–Crippen LogP) is 1.94. The molecule has 0 aliphatic heterocycles. The lowest BCUT2D eigenvalue weighted by molar-refractivity contribution is 0.0776. The van der Waals surface area contributed by atoms with E-state index in [1.54, 1.807) is 18.0 Å². The third-order valence-corrected chi connectivity index (χ3v) is 4.17. The molecule has 1 saturated carbocycles. The van der Waals surface area contributed by atoms with Gasteiger partial charge in [0.05, 0.1) is 17.9 Å². The summed E-state index contributed by atoms with van der Waals surface area (Å²) in [7, 11) is 1.69. The van der Waals surface area contributed by atoms with Crippen LogP contribution in [0, 0.1) is 0 Å². The van der Waals surface area contributed by atoms with Crippen LogP contribution in [0.15, 0.2) is 16.9 Å². The normalized spacial score (nSPS) is 14.7. The first-order valence-corrected chi connectivity index (χ1v) is 8.15. The zero-order valence-electron chi connectivity index (χ0n) is 14.5. The van der Waals surface area contributed by atoms with Crippen molar-refractivity contribution in [3.05, 3.63) is 45.4 Å². The fourth-order valence-electron chi connectivity index (χ4n) is 2.54. The SMILES string of the molecule is CN(Cc1cc(C2CC2)n[nH]1)C(=O)c1cc(C(C)(C)C)[nH]c(=O)n1. The van der Waals surface area contributed by atoms with E-state index in [-0.39, 0.29) is 17.0 Å². The molecular weight excluding hydrogens is 306 g/mol. The Kier molecular flexibility index (Phi) is 4.03. The van der Waals surface area contributed by atoms with Crippen molar-refractivity contribution in [2.45, 2.75) is 51.5 Å². The average Bonchev–Trinajstić information content (AvgIpc) is 3.25.